The molecule has 0 saturated heterocycles. The van der Waals surface area contributed by atoms with Crippen LogP contribution >= 0.6 is 10.0 Å². The number of aromatic amines is 1. The van der Waals surface area contributed by atoms with Crippen molar-refractivity contribution in [2.45, 2.75) is 11.6 Å². The highest BCUT2D eigenvalue weighted by Crippen LogP contribution is 2.43. The van der Waals surface area contributed by atoms with E-state index in [-0.39, 0.29) is 6.61 Å². The summed E-state index contributed by atoms with van der Waals surface area (Å²) in [5.74, 6) is 0. The van der Waals surface area contributed by atoms with Crippen molar-refractivity contribution in [1.82, 2.24) is 10.2 Å². The van der Waals surface area contributed by atoms with E-state index in [1.165, 1.54) is 0 Å². The fourth-order valence-electron chi connectivity index (χ4n) is 0.735. The first-order valence-electron chi connectivity index (χ1n) is 3.37. The Morgan fingerprint density at radius 1 is 1.55 bits per heavy atom. The lowest BCUT2D eigenvalue weighted by atomic mass is 10.5. The molecule has 1 heterocycles. The van der Waals surface area contributed by atoms with E-state index >= 15 is 0 Å². The smallest absolute Gasteiger partial charge is 0.101 e. The second-order valence-electron chi connectivity index (χ2n) is 3.23. The molecule has 0 atom stereocenters. The molecule has 64 valence electrons. The van der Waals surface area contributed by atoms with E-state index in [1.54, 1.807) is 0 Å². The standard InChI is InChI=1S/C7H14N2OS/c1-11(2,3)7-4-6(5-10)8-9-7/h4,10H,5H2,1-3H3,(H,8,9). The molecule has 0 radical (unpaired) electrons. The van der Waals surface area contributed by atoms with Crippen molar-refractivity contribution in [3.8, 4) is 0 Å². The van der Waals surface area contributed by atoms with Crippen LogP contribution < -0.4 is 0 Å². The molecule has 0 spiro atoms. The van der Waals surface area contributed by atoms with Gasteiger partial charge in [-0.2, -0.15) is 5.10 Å². The highest BCUT2D eigenvalue weighted by molar-refractivity contribution is 8.32. The molecule has 0 unspecified atom stereocenters. The quantitative estimate of drug-likeness (QED) is 0.701. The van der Waals surface area contributed by atoms with Crippen LogP contribution in [0.25, 0.3) is 0 Å². The average molecular weight is 174 g/mol. The molecule has 1 rings (SSSR count). The van der Waals surface area contributed by atoms with Gasteiger partial charge in [-0.05, 0) is 24.8 Å². The number of hydrogen-bond donors (Lipinski definition) is 2. The molecule has 0 bridgehead atoms. The molecule has 1 aromatic rings. The van der Waals surface area contributed by atoms with Crippen molar-refractivity contribution in [2.24, 2.45) is 0 Å². The number of rotatable bonds is 2. The van der Waals surface area contributed by atoms with Gasteiger partial charge in [0.05, 0.1) is 12.3 Å². The van der Waals surface area contributed by atoms with Crippen LogP contribution in [0, 0.1) is 0 Å². The number of aromatic nitrogens is 2. The van der Waals surface area contributed by atoms with Gasteiger partial charge in [-0.1, -0.05) is 0 Å². The molecule has 0 aromatic carbocycles. The number of aliphatic hydroxyl groups excluding tert-OH is 1. The molecule has 0 aliphatic heterocycles. The highest BCUT2D eigenvalue weighted by atomic mass is 32.3. The zero-order valence-corrected chi connectivity index (χ0v) is 7.90. The van der Waals surface area contributed by atoms with E-state index in [0.717, 1.165) is 10.7 Å². The van der Waals surface area contributed by atoms with Crippen molar-refractivity contribution in [3.63, 3.8) is 0 Å². The molecular formula is C7H14N2OS. The van der Waals surface area contributed by atoms with E-state index < -0.39 is 10.0 Å². The van der Waals surface area contributed by atoms with Crippen LogP contribution in [0.1, 0.15) is 5.69 Å². The normalized spacial score (nSPS) is 13.5. The predicted molar refractivity (Wildman–Crippen MR) is 48.1 cm³/mol. The van der Waals surface area contributed by atoms with Crippen molar-refractivity contribution in [2.75, 3.05) is 18.8 Å². The first-order chi connectivity index (χ1) is 5.04. The number of aliphatic hydroxyl groups is 1. The molecule has 4 heteroatoms. The summed E-state index contributed by atoms with van der Waals surface area (Å²) in [5.41, 5.74) is 0.794. The summed E-state index contributed by atoms with van der Waals surface area (Å²) in [5, 5.41) is 16.7. The zero-order chi connectivity index (χ0) is 8.48. The molecule has 11 heavy (non-hydrogen) atoms. The lowest BCUT2D eigenvalue weighted by Gasteiger charge is -2.21. The average Bonchev–Trinajstić information content (AvgIpc) is 2.32. The number of H-pyrrole nitrogens is 1. The van der Waals surface area contributed by atoms with E-state index in [2.05, 4.69) is 29.0 Å². The third kappa shape index (κ3) is 1.97. The summed E-state index contributed by atoms with van der Waals surface area (Å²) in [4.78, 5) is 0. The Hall–Kier alpha value is -0.480. The van der Waals surface area contributed by atoms with Gasteiger partial charge in [-0.15, -0.1) is 0 Å². The monoisotopic (exact) mass is 174 g/mol. The Morgan fingerprint density at radius 3 is 2.45 bits per heavy atom. The third-order valence-corrected chi connectivity index (χ3v) is 2.87. The van der Waals surface area contributed by atoms with Crippen LogP contribution in [-0.2, 0) is 6.61 Å². The third-order valence-electron chi connectivity index (χ3n) is 1.41. The van der Waals surface area contributed by atoms with Crippen LogP contribution in [0.15, 0.2) is 11.1 Å². The second kappa shape index (κ2) is 2.87. The second-order valence-corrected chi connectivity index (χ2v) is 7.32. The summed E-state index contributed by atoms with van der Waals surface area (Å²) in [6.07, 6.45) is 6.51. The Bertz CT molecular complexity index is 239. The van der Waals surface area contributed by atoms with Crippen molar-refractivity contribution < 1.29 is 5.11 Å². The Kier molecular flexibility index (Phi) is 2.25. The van der Waals surface area contributed by atoms with Gasteiger partial charge in [0.25, 0.3) is 0 Å². The molecule has 0 saturated carbocycles. The Labute approximate surface area is 68.1 Å². The van der Waals surface area contributed by atoms with Crippen LogP contribution in [-0.4, -0.2) is 34.1 Å². The summed E-state index contributed by atoms with van der Waals surface area (Å²) < 4.78 is 0. The van der Waals surface area contributed by atoms with Gasteiger partial charge < -0.3 is 5.11 Å². The van der Waals surface area contributed by atoms with Gasteiger partial charge >= 0.3 is 0 Å². The predicted octanol–water partition coefficient (Wildman–Crippen LogP) is 0.955. The zero-order valence-electron chi connectivity index (χ0n) is 7.09. The van der Waals surface area contributed by atoms with E-state index in [9.17, 15) is 0 Å². The molecule has 0 aliphatic rings. The first kappa shape index (κ1) is 8.62. The Balaban J connectivity index is 2.89. The summed E-state index contributed by atoms with van der Waals surface area (Å²) in [6.45, 7) is 0.0442. The molecule has 1 aromatic heterocycles. The van der Waals surface area contributed by atoms with Crippen molar-refractivity contribution in [3.05, 3.63) is 11.8 Å². The van der Waals surface area contributed by atoms with Crippen LogP contribution in [0.4, 0.5) is 0 Å². The maximum atomic E-state index is 8.75. The maximum absolute atomic E-state index is 8.75. The molecule has 0 fully saturated rings. The van der Waals surface area contributed by atoms with Crippen LogP contribution in [0.2, 0.25) is 0 Å². The Morgan fingerprint density at radius 2 is 2.18 bits per heavy atom. The molecular weight excluding hydrogens is 160 g/mol. The summed E-state index contributed by atoms with van der Waals surface area (Å²) in [7, 11) is -0.746. The van der Waals surface area contributed by atoms with E-state index in [0.29, 0.717) is 0 Å². The van der Waals surface area contributed by atoms with Gasteiger partial charge in [0.15, 0.2) is 0 Å². The minimum absolute atomic E-state index is 0.0442. The summed E-state index contributed by atoms with van der Waals surface area (Å²) in [6, 6.07) is 1.93. The van der Waals surface area contributed by atoms with Crippen LogP contribution in [0.5, 0.6) is 0 Å². The lowest BCUT2D eigenvalue weighted by molar-refractivity contribution is 0.276. The molecule has 0 aliphatic carbocycles. The first-order valence-corrected chi connectivity index (χ1v) is 6.23. The van der Waals surface area contributed by atoms with Gasteiger partial charge in [0.2, 0.25) is 0 Å². The number of nitrogens with zero attached hydrogens (tertiary/aromatic N) is 1. The fraction of sp³-hybridized carbons (Fsp3) is 0.571. The maximum Gasteiger partial charge on any atom is 0.101 e. The molecule has 3 nitrogen and oxygen atoms in total. The molecule has 0 amide bonds. The largest absolute Gasteiger partial charge is 0.390 e. The number of nitrogens with one attached hydrogen (secondary N) is 1. The van der Waals surface area contributed by atoms with E-state index in [4.69, 9.17) is 5.11 Å². The van der Waals surface area contributed by atoms with Crippen LogP contribution in [0.3, 0.4) is 0 Å². The van der Waals surface area contributed by atoms with Crippen molar-refractivity contribution in [1.29, 1.82) is 0 Å². The van der Waals surface area contributed by atoms with Gasteiger partial charge in [-0.25, -0.2) is 10.0 Å². The number of hydrogen-bond acceptors (Lipinski definition) is 2. The highest BCUT2D eigenvalue weighted by Gasteiger charge is 2.11. The van der Waals surface area contributed by atoms with E-state index in [1.807, 2.05) is 6.07 Å². The topological polar surface area (TPSA) is 48.9 Å². The van der Waals surface area contributed by atoms with Crippen molar-refractivity contribution >= 4 is 10.0 Å². The van der Waals surface area contributed by atoms with Gasteiger partial charge in [-0.3, -0.25) is 5.10 Å². The fourth-order valence-corrected chi connectivity index (χ4v) is 1.55. The SMILES string of the molecule is CS(C)(C)c1cc(CO)[nH]n1. The molecule has 2 N–H and O–H groups in total. The van der Waals surface area contributed by atoms with Gasteiger partial charge in [0, 0.05) is 0 Å². The minimum atomic E-state index is -0.746. The minimum Gasteiger partial charge on any atom is -0.390 e. The van der Waals surface area contributed by atoms with Gasteiger partial charge in [0.1, 0.15) is 5.03 Å². The lowest BCUT2D eigenvalue weighted by Crippen LogP contribution is -1.92. The summed E-state index contributed by atoms with van der Waals surface area (Å²) >= 11 is 0.